The molecule has 0 saturated carbocycles. The first kappa shape index (κ1) is 16.9. The fourth-order valence-corrected chi connectivity index (χ4v) is 3.62. The van der Waals surface area contributed by atoms with Crippen LogP contribution < -0.4 is 4.74 Å². The molecule has 0 amide bonds. The van der Waals surface area contributed by atoms with Crippen LogP contribution >= 0.6 is 0 Å². The molecule has 0 bridgehead atoms. The Hall–Kier alpha value is -1.48. The molecule has 1 aromatic rings. The zero-order valence-corrected chi connectivity index (χ0v) is 14.7. The van der Waals surface area contributed by atoms with E-state index in [4.69, 9.17) is 4.74 Å². The van der Waals surface area contributed by atoms with Crippen LogP contribution in [-0.2, 0) is 5.41 Å². The van der Waals surface area contributed by atoms with Crippen molar-refractivity contribution < 1.29 is 4.74 Å². The third kappa shape index (κ3) is 3.46. The Morgan fingerprint density at radius 3 is 2.73 bits per heavy atom. The molecule has 122 valence electrons. The quantitative estimate of drug-likeness (QED) is 0.800. The van der Waals surface area contributed by atoms with Crippen LogP contribution in [0.5, 0.6) is 5.75 Å². The molecule has 0 aromatic heterocycles. The van der Waals surface area contributed by atoms with Gasteiger partial charge in [-0.1, -0.05) is 25.5 Å². The fraction of sp³-hybridized carbons (Fsp3) is 0.579. The highest BCUT2D eigenvalue weighted by Crippen LogP contribution is 2.43. The standard InChI is InChI=1S/C19H30N2O/c1-6-10-19(16-8-7-9-18(13-16)22-5)11-12-21(4)15-17(19)14-20(2)3/h7-9,13,15H,6,10-12,14H2,1-5H3. The highest BCUT2D eigenvalue weighted by molar-refractivity contribution is 5.42. The Labute approximate surface area is 135 Å². The van der Waals surface area contributed by atoms with E-state index in [0.29, 0.717) is 0 Å². The lowest BCUT2D eigenvalue weighted by Gasteiger charge is -2.43. The molecule has 2 rings (SSSR count). The van der Waals surface area contributed by atoms with E-state index in [-0.39, 0.29) is 5.41 Å². The summed E-state index contributed by atoms with van der Waals surface area (Å²) in [6.07, 6.45) is 5.90. The van der Waals surface area contributed by atoms with Gasteiger partial charge in [-0.25, -0.2) is 0 Å². The SMILES string of the molecule is CCCC1(c2cccc(OC)c2)CCN(C)C=C1CN(C)C. The number of hydrogen-bond donors (Lipinski definition) is 0. The molecule has 0 radical (unpaired) electrons. The van der Waals surface area contributed by atoms with Gasteiger partial charge in [-0.15, -0.1) is 0 Å². The number of rotatable bonds is 6. The van der Waals surface area contributed by atoms with Crippen LogP contribution in [0.4, 0.5) is 0 Å². The molecule has 0 N–H and O–H groups in total. The summed E-state index contributed by atoms with van der Waals surface area (Å²) in [4.78, 5) is 4.60. The van der Waals surface area contributed by atoms with Gasteiger partial charge in [-0.05, 0) is 50.2 Å². The van der Waals surface area contributed by atoms with Crippen molar-refractivity contribution in [1.82, 2.24) is 9.80 Å². The normalized spacial score (nSPS) is 21.9. The lowest BCUT2D eigenvalue weighted by atomic mass is 9.67. The van der Waals surface area contributed by atoms with Gasteiger partial charge in [-0.3, -0.25) is 0 Å². The second-order valence-electron chi connectivity index (χ2n) is 6.69. The number of hydrogen-bond acceptors (Lipinski definition) is 3. The van der Waals surface area contributed by atoms with Crippen molar-refractivity contribution in [3.05, 3.63) is 41.6 Å². The van der Waals surface area contributed by atoms with Gasteiger partial charge >= 0.3 is 0 Å². The average Bonchev–Trinajstić information content (AvgIpc) is 2.50. The van der Waals surface area contributed by atoms with E-state index in [1.165, 1.54) is 30.4 Å². The maximum Gasteiger partial charge on any atom is 0.119 e. The van der Waals surface area contributed by atoms with E-state index in [1.807, 2.05) is 6.07 Å². The first-order valence-corrected chi connectivity index (χ1v) is 8.22. The molecule has 1 aliphatic heterocycles. The number of nitrogens with zero attached hydrogens (tertiary/aromatic N) is 2. The maximum absolute atomic E-state index is 5.47. The van der Waals surface area contributed by atoms with Gasteiger partial charge in [0, 0.05) is 31.8 Å². The Balaban J connectivity index is 2.50. The summed E-state index contributed by atoms with van der Waals surface area (Å²) in [5.74, 6) is 0.955. The smallest absolute Gasteiger partial charge is 0.119 e. The summed E-state index contributed by atoms with van der Waals surface area (Å²) in [6.45, 7) is 4.39. The molecule has 1 aromatic carbocycles. The lowest BCUT2D eigenvalue weighted by Crippen LogP contribution is -2.41. The van der Waals surface area contributed by atoms with Gasteiger partial charge in [0.15, 0.2) is 0 Å². The van der Waals surface area contributed by atoms with Gasteiger partial charge in [0.1, 0.15) is 5.75 Å². The average molecular weight is 302 g/mol. The van der Waals surface area contributed by atoms with Gasteiger partial charge in [0.2, 0.25) is 0 Å². The number of ether oxygens (including phenoxy) is 1. The monoisotopic (exact) mass is 302 g/mol. The zero-order valence-electron chi connectivity index (χ0n) is 14.7. The third-order valence-corrected chi connectivity index (χ3v) is 4.67. The van der Waals surface area contributed by atoms with E-state index in [9.17, 15) is 0 Å². The van der Waals surface area contributed by atoms with Crippen molar-refractivity contribution in [3.63, 3.8) is 0 Å². The Bertz CT molecular complexity index is 524. The lowest BCUT2D eigenvalue weighted by molar-refractivity contribution is 0.283. The number of likely N-dealkylation sites (N-methyl/N-ethyl adjacent to an activating group) is 1. The van der Waals surface area contributed by atoms with E-state index < -0.39 is 0 Å². The van der Waals surface area contributed by atoms with E-state index in [1.54, 1.807) is 7.11 Å². The van der Waals surface area contributed by atoms with Crippen molar-refractivity contribution in [1.29, 1.82) is 0 Å². The van der Waals surface area contributed by atoms with E-state index >= 15 is 0 Å². The highest BCUT2D eigenvalue weighted by atomic mass is 16.5. The van der Waals surface area contributed by atoms with Gasteiger partial charge in [-0.2, -0.15) is 0 Å². The predicted molar refractivity (Wildman–Crippen MR) is 93.5 cm³/mol. The first-order valence-electron chi connectivity index (χ1n) is 8.22. The summed E-state index contributed by atoms with van der Waals surface area (Å²) in [5, 5.41) is 0. The molecule has 1 heterocycles. The van der Waals surface area contributed by atoms with E-state index in [0.717, 1.165) is 18.8 Å². The predicted octanol–water partition coefficient (Wildman–Crippen LogP) is 3.51. The fourth-order valence-electron chi connectivity index (χ4n) is 3.62. The molecule has 3 heteroatoms. The van der Waals surface area contributed by atoms with Gasteiger partial charge in [0.05, 0.1) is 7.11 Å². The molecule has 0 aliphatic carbocycles. The first-order chi connectivity index (χ1) is 10.5. The molecular formula is C19H30N2O. The molecule has 3 nitrogen and oxygen atoms in total. The Morgan fingerprint density at radius 1 is 1.32 bits per heavy atom. The van der Waals surface area contributed by atoms with Crippen LogP contribution in [0, 0.1) is 0 Å². The molecule has 1 atom stereocenters. The van der Waals surface area contributed by atoms with Gasteiger partial charge < -0.3 is 14.5 Å². The summed E-state index contributed by atoms with van der Waals surface area (Å²) in [5.41, 5.74) is 3.05. The summed E-state index contributed by atoms with van der Waals surface area (Å²) >= 11 is 0. The number of benzene rings is 1. The second kappa shape index (κ2) is 7.19. The largest absolute Gasteiger partial charge is 0.497 e. The van der Waals surface area contributed by atoms with Crippen molar-refractivity contribution in [2.45, 2.75) is 31.6 Å². The minimum atomic E-state index is 0.139. The molecule has 0 spiro atoms. The summed E-state index contributed by atoms with van der Waals surface area (Å²) in [7, 11) is 8.23. The van der Waals surface area contributed by atoms with Crippen LogP contribution in [0.2, 0.25) is 0 Å². The molecule has 1 unspecified atom stereocenters. The van der Waals surface area contributed by atoms with Crippen LogP contribution in [0.15, 0.2) is 36.0 Å². The van der Waals surface area contributed by atoms with E-state index in [2.05, 4.69) is 62.3 Å². The van der Waals surface area contributed by atoms with Crippen LogP contribution in [0.3, 0.4) is 0 Å². The van der Waals surface area contributed by atoms with Crippen LogP contribution in [-0.4, -0.2) is 51.1 Å². The topological polar surface area (TPSA) is 15.7 Å². The third-order valence-electron chi connectivity index (χ3n) is 4.67. The minimum Gasteiger partial charge on any atom is -0.497 e. The highest BCUT2D eigenvalue weighted by Gasteiger charge is 2.38. The van der Waals surface area contributed by atoms with Crippen LogP contribution in [0.1, 0.15) is 31.7 Å². The van der Waals surface area contributed by atoms with Crippen LogP contribution in [0.25, 0.3) is 0 Å². The minimum absolute atomic E-state index is 0.139. The number of methoxy groups -OCH3 is 1. The Kier molecular flexibility index (Phi) is 5.52. The van der Waals surface area contributed by atoms with Crippen molar-refractivity contribution in [2.75, 3.05) is 41.3 Å². The zero-order chi connectivity index (χ0) is 16.2. The van der Waals surface area contributed by atoms with Crippen molar-refractivity contribution >= 4 is 0 Å². The molecular weight excluding hydrogens is 272 g/mol. The van der Waals surface area contributed by atoms with Gasteiger partial charge in [0.25, 0.3) is 0 Å². The summed E-state index contributed by atoms with van der Waals surface area (Å²) < 4.78 is 5.47. The molecule has 22 heavy (non-hydrogen) atoms. The Morgan fingerprint density at radius 2 is 2.09 bits per heavy atom. The summed E-state index contributed by atoms with van der Waals surface area (Å²) in [6, 6.07) is 8.65. The van der Waals surface area contributed by atoms with Crippen molar-refractivity contribution in [2.24, 2.45) is 0 Å². The second-order valence-corrected chi connectivity index (χ2v) is 6.69. The molecule has 0 saturated heterocycles. The molecule has 1 aliphatic rings. The molecule has 0 fully saturated rings. The van der Waals surface area contributed by atoms with Crippen molar-refractivity contribution in [3.8, 4) is 5.75 Å². The maximum atomic E-state index is 5.47.